The van der Waals surface area contributed by atoms with E-state index in [1.165, 1.54) is 7.11 Å². The van der Waals surface area contributed by atoms with E-state index in [1.807, 2.05) is 19.6 Å². The van der Waals surface area contributed by atoms with E-state index in [-0.39, 0.29) is 0 Å². The monoisotopic (exact) mass is 174 g/mol. The van der Waals surface area contributed by atoms with Gasteiger partial charge in [-0.2, -0.15) is 0 Å². The van der Waals surface area contributed by atoms with Gasteiger partial charge in [0.15, 0.2) is 0 Å². The zero-order valence-corrected chi connectivity index (χ0v) is 8.93. The van der Waals surface area contributed by atoms with Gasteiger partial charge in [0.1, 0.15) is 7.59 Å². The Bertz CT molecular complexity index is 156. The van der Waals surface area contributed by atoms with Gasteiger partial charge >= 0.3 is 8.08 Å². The fraction of sp³-hybridized carbons (Fsp3) is 0.667. The molecule has 0 aliphatic carbocycles. The fourth-order valence-corrected chi connectivity index (χ4v) is 4.88. The highest BCUT2D eigenvalue weighted by Gasteiger charge is 2.45. The normalized spacial score (nSPS) is 17.6. The molecule has 4 heteroatoms. The van der Waals surface area contributed by atoms with Crippen molar-refractivity contribution in [2.24, 2.45) is 0 Å². The van der Waals surface area contributed by atoms with Crippen LogP contribution in [0.5, 0.6) is 0 Å². The average Bonchev–Trinajstić information content (AvgIpc) is 1.84. The third-order valence-corrected chi connectivity index (χ3v) is 11.7. The first-order valence-corrected chi connectivity index (χ1v) is 9.48. The maximum absolute atomic E-state index is 9.71. The Morgan fingerprint density at radius 2 is 1.80 bits per heavy atom. The van der Waals surface area contributed by atoms with Crippen LogP contribution in [0.4, 0.5) is 0 Å². The van der Waals surface area contributed by atoms with Crippen LogP contribution in [0.25, 0.3) is 0 Å². The molecular formula is C6H14O2Si2. The average molecular weight is 174 g/mol. The van der Waals surface area contributed by atoms with Crippen molar-refractivity contribution < 1.29 is 9.22 Å². The largest absolute Gasteiger partial charge is 0.404 e. The summed E-state index contributed by atoms with van der Waals surface area (Å²) in [6.45, 7) is 6.05. The Morgan fingerprint density at radius 1 is 1.40 bits per heavy atom. The van der Waals surface area contributed by atoms with Crippen LogP contribution < -0.4 is 0 Å². The Balaban J connectivity index is 4.54. The van der Waals surface area contributed by atoms with Crippen molar-refractivity contribution in [2.75, 3.05) is 7.11 Å². The second-order valence-electron chi connectivity index (χ2n) is 3.24. The standard InChI is InChI=1S/C6H14O2Si2/c1-6-10(7,8-2)9(3,4)5/h1,7H,2-5H3. The Kier molecular flexibility index (Phi) is 2.86. The highest BCUT2D eigenvalue weighted by molar-refractivity contribution is 7.38. The van der Waals surface area contributed by atoms with E-state index in [4.69, 9.17) is 10.8 Å². The fourth-order valence-electron chi connectivity index (χ4n) is 0.582. The van der Waals surface area contributed by atoms with Gasteiger partial charge in [-0.25, -0.2) is 0 Å². The van der Waals surface area contributed by atoms with Crippen LogP contribution in [0, 0.1) is 12.0 Å². The molecule has 0 aliphatic heterocycles. The SMILES string of the molecule is C#C[Si](O)(OC)[Si](C)(C)C. The summed E-state index contributed by atoms with van der Waals surface area (Å²) in [7, 11) is -2.92. The molecule has 0 bridgehead atoms. The summed E-state index contributed by atoms with van der Waals surface area (Å²) in [5, 5.41) is 0. The summed E-state index contributed by atoms with van der Waals surface area (Å²) in [4.78, 5) is 9.71. The first-order valence-electron chi connectivity index (χ1n) is 3.12. The van der Waals surface area contributed by atoms with Gasteiger partial charge < -0.3 is 9.22 Å². The molecule has 0 radical (unpaired) electrons. The maximum Gasteiger partial charge on any atom is 0.394 e. The molecule has 10 heavy (non-hydrogen) atoms. The van der Waals surface area contributed by atoms with Gasteiger partial charge in [-0.3, -0.25) is 0 Å². The van der Waals surface area contributed by atoms with E-state index in [9.17, 15) is 4.80 Å². The molecule has 0 aromatic carbocycles. The quantitative estimate of drug-likeness (QED) is 0.492. The first-order chi connectivity index (χ1) is 4.37. The lowest BCUT2D eigenvalue weighted by atomic mass is 11.4. The van der Waals surface area contributed by atoms with Crippen molar-refractivity contribution in [3.63, 3.8) is 0 Å². The predicted molar refractivity (Wildman–Crippen MR) is 47.2 cm³/mol. The van der Waals surface area contributed by atoms with Crippen LogP contribution in [0.2, 0.25) is 19.6 Å². The summed E-state index contributed by atoms with van der Waals surface area (Å²) < 4.78 is 4.97. The minimum atomic E-state index is -2.73. The molecule has 0 aromatic heterocycles. The third-order valence-electron chi connectivity index (χ3n) is 1.51. The molecule has 0 heterocycles. The van der Waals surface area contributed by atoms with Crippen LogP contribution in [-0.2, 0) is 4.43 Å². The second-order valence-corrected chi connectivity index (χ2v) is 16.3. The van der Waals surface area contributed by atoms with Crippen molar-refractivity contribution in [3.8, 4) is 12.0 Å². The van der Waals surface area contributed by atoms with Crippen LogP contribution in [0.1, 0.15) is 0 Å². The maximum atomic E-state index is 9.71. The summed E-state index contributed by atoms with van der Waals surface area (Å²) in [6.07, 6.45) is 5.18. The number of hydrogen-bond donors (Lipinski definition) is 1. The Labute approximate surface area is 64.3 Å². The van der Waals surface area contributed by atoms with E-state index in [1.54, 1.807) is 0 Å². The summed E-state index contributed by atoms with van der Waals surface area (Å²) in [5.74, 6) is 0. The Morgan fingerprint density at radius 3 is 1.80 bits per heavy atom. The second kappa shape index (κ2) is 2.88. The van der Waals surface area contributed by atoms with E-state index in [0.29, 0.717) is 0 Å². The van der Waals surface area contributed by atoms with Gasteiger partial charge in [-0.1, -0.05) is 25.2 Å². The lowest BCUT2D eigenvalue weighted by Crippen LogP contribution is -2.58. The highest BCUT2D eigenvalue weighted by Crippen LogP contribution is 2.14. The van der Waals surface area contributed by atoms with Crippen molar-refractivity contribution >= 4 is 15.7 Å². The van der Waals surface area contributed by atoms with Gasteiger partial charge in [0.25, 0.3) is 0 Å². The number of terminal acetylenes is 1. The summed E-state index contributed by atoms with van der Waals surface area (Å²) in [5.41, 5.74) is 2.40. The molecular weight excluding hydrogens is 160 g/mol. The molecule has 58 valence electrons. The minimum Gasteiger partial charge on any atom is -0.404 e. The van der Waals surface area contributed by atoms with Gasteiger partial charge in [0, 0.05) is 7.11 Å². The van der Waals surface area contributed by atoms with Gasteiger partial charge in [-0.05, 0) is 0 Å². The zero-order chi connectivity index (χ0) is 8.41. The molecule has 1 atom stereocenters. The van der Waals surface area contributed by atoms with Crippen LogP contribution >= 0.6 is 0 Å². The number of rotatable bonds is 2. The van der Waals surface area contributed by atoms with Crippen molar-refractivity contribution in [2.45, 2.75) is 19.6 Å². The van der Waals surface area contributed by atoms with E-state index in [0.717, 1.165) is 0 Å². The lowest BCUT2D eigenvalue weighted by Gasteiger charge is -2.28. The molecule has 2 nitrogen and oxygen atoms in total. The van der Waals surface area contributed by atoms with Crippen LogP contribution in [0.15, 0.2) is 0 Å². The van der Waals surface area contributed by atoms with Gasteiger partial charge in [-0.15, -0.1) is 6.42 Å². The summed E-state index contributed by atoms with van der Waals surface area (Å²) in [6, 6.07) is 0. The van der Waals surface area contributed by atoms with E-state index < -0.39 is 15.7 Å². The lowest BCUT2D eigenvalue weighted by molar-refractivity contribution is 0.327. The van der Waals surface area contributed by atoms with Crippen molar-refractivity contribution in [1.29, 1.82) is 0 Å². The molecule has 0 spiro atoms. The molecule has 0 aromatic rings. The molecule has 0 fully saturated rings. The van der Waals surface area contributed by atoms with Crippen molar-refractivity contribution in [1.82, 2.24) is 0 Å². The van der Waals surface area contributed by atoms with Crippen LogP contribution in [-0.4, -0.2) is 27.6 Å². The molecule has 0 saturated carbocycles. The van der Waals surface area contributed by atoms with Gasteiger partial charge in [0.05, 0.1) is 0 Å². The molecule has 0 saturated heterocycles. The first kappa shape index (κ1) is 9.91. The van der Waals surface area contributed by atoms with Crippen LogP contribution in [0.3, 0.4) is 0 Å². The van der Waals surface area contributed by atoms with Crippen molar-refractivity contribution in [3.05, 3.63) is 0 Å². The van der Waals surface area contributed by atoms with E-state index in [2.05, 4.69) is 5.54 Å². The topological polar surface area (TPSA) is 29.5 Å². The number of hydrogen-bond acceptors (Lipinski definition) is 2. The zero-order valence-electron chi connectivity index (χ0n) is 6.93. The van der Waals surface area contributed by atoms with Gasteiger partial charge in [0.2, 0.25) is 0 Å². The molecule has 0 amide bonds. The molecule has 1 N–H and O–H groups in total. The Hall–Kier alpha value is -0.0862. The smallest absolute Gasteiger partial charge is 0.394 e. The highest BCUT2D eigenvalue weighted by atomic mass is 29.3. The molecule has 0 aliphatic rings. The summed E-state index contributed by atoms with van der Waals surface area (Å²) >= 11 is 0. The molecule has 1 unspecified atom stereocenters. The molecule has 0 rings (SSSR count). The van der Waals surface area contributed by atoms with E-state index >= 15 is 0 Å². The predicted octanol–water partition coefficient (Wildman–Crippen LogP) is 0.656. The third kappa shape index (κ3) is 1.70. The minimum absolute atomic E-state index is 1.49.